The van der Waals surface area contributed by atoms with Crippen molar-refractivity contribution in [3.8, 4) is 5.75 Å². The molecule has 1 atom stereocenters. The summed E-state index contributed by atoms with van der Waals surface area (Å²) in [6.45, 7) is 11.7. The second kappa shape index (κ2) is 6.24. The summed E-state index contributed by atoms with van der Waals surface area (Å²) in [5.41, 5.74) is 11.1. The number of hydrogen-bond acceptors (Lipinski definition) is 2. The summed E-state index contributed by atoms with van der Waals surface area (Å²) in [4.78, 5) is 0. The third-order valence-corrected chi connectivity index (χ3v) is 4.07. The third kappa shape index (κ3) is 3.05. The summed E-state index contributed by atoms with van der Waals surface area (Å²) in [6, 6.07) is 2.26. The van der Waals surface area contributed by atoms with Gasteiger partial charge >= 0.3 is 0 Å². The van der Waals surface area contributed by atoms with Crippen LogP contribution in [-0.2, 0) is 6.42 Å². The van der Waals surface area contributed by atoms with Gasteiger partial charge in [0.2, 0.25) is 0 Å². The van der Waals surface area contributed by atoms with E-state index in [1.54, 1.807) is 7.11 Å². The Hall–Kier alpha value is -1.02. The van der Waals surface area contributed by atoms with Gasteiger partial charge in [-0.15, -0.1) is 0 Å². The molecular weight excluding hydrogens is 222 g/mol. The van der Waals surface area contributed by atoms with Crippen LogP contribution in [0.15, 0.2) is 6.07 Å². The van der Waals surface area contributed by atoms with Crippen molar-refractivity contribution in [3.05, 3.63) is 28.3 Å². The topological polar surface area (TPSA) is 35.2 Å². The van der Waals surface area contributed by atoms with Gasteiger partial charge in [0.15, 0.2) is 0 Å². The average Bonchev–Trinajstić information content (AvgIpc) is 2.32. The summed E-state index contributed by atoms with van der Waals surface area (Å²) in [5, 5.41) is 0. The Balaban J connectivity index is 3.11. The number of nitrogens with two attached hydrogens (primary N) is 1. The Kier molecular flexibility index (Phi) is 5.21. The van der Waals surface area contributed by atoms with E-state index in [0.29, 0.717) is 11.8 Å². The SMILES string of the molecule is COc1c(C)cc(CC(CN)C(C)C)c(C)c1C. The molecule has 102 valence electrons. The van der Waals surface area contributed by atoms with Crippen LogP contribution in [0.3, 0.4) is 0 Å². The predicted octanol–water partition coefficient (Wildman–Crippen LogP) is 3.39. The first-order valence-electron chi connectivity index (χ1n) is 6.76. The minimum Gasteiger partial charge on any atom is -0.496 e. The summed E-state index contributed by atoms with van der Waals surface area (Å²) < 4.78 is 5.47. The van der Waals surface area contributed by atoms with E-state index < -0.39 is 0 Å². The third-order valence-electron chi connectivity index (χ3n) is 4.07. The number of hydrogen-bond donors (Lipinski definition) is 1. The highest BCUT2D eigenvalue weighted by molar-refractivity contribution is 5.49. The van der Waals surface area contributed by atoms with Gasteiger partial charge in [0.25, 0.3) is 0 Å². The van der Waals surface area contributed by atoms with Gasteiger partial charge in [-0.05, 0) is 67.8 Å². The molecule has 0 bridgehead atoms. The molecule has 1 unspecified atom stereocenters. The molecule has 0 amide bonds. The zero-order chi connectivity index (χ0) is 13.9. The number of ether oxygens (including phenoxy) is 1. The maximum absolute atomic E-state index is 5.88. The van der Waals surface area contributed by atoms with Gasteiger partial charge < -0.3 is 10.5 Å². The molecule has 0 aliphatic heterocycles. The Bertz CT molecular complexity index is 410. The molecule has 0 radical (unpaired) electrons. The number of benzene rings is 1. The Morgan fingerprint density at radius 1 is 1.17 bits per heavy atom. The first-order valence-corrected chi connectivity index (χ1v) is 6.76. The normalized spacial score (nSPS) is 12.9. The van der Waals surface area contributed by atoms with Crippen molar-refractivity contribution in [2.75, 3.05) is 13.7 Å². The van der Waals surface area contributed by atoms with Gasteiger partial charge in [0.1, 0.15) is 5.75 Å². The van der Waals surface area contributed by atoms with Crippen LogP contribution in [0.2, 0.25) is 0 Å². The van der Waals surface area contributed by atoms with E-state index in [1.807, 2.05) is 0 Å². The monoisotopic (exact) mass is 249 g/mol. The fraction of sp³-hybridized carbons (Fsp3) is 0.625. The van der Waals surface area contributed by atoms with E-state index in [2.05, 4.69) is 40.7 Å². The Labute approximate surface area is 112 Å². The first kappa shape index (κ1) is 15.0. The Morgan fingerprint density at radius 2 is 1.78 bits per heavy atom. The molecule has 0 spiro atoms. The predicted molar refractivity (Wildman–Crippen MR) is 78.3 cm³/mol. The van der Waals surface area contributed by atoms with E-state index in [9.17, 15) is 0 Å². The highest BCUT2D eigenvalue weighted by Crippen LogP contribution is 2.30. The Morgan fingerprint density at radius 3 is 2.22 bits per heavy atom. The zero-order valence-electron chi connectivity index (χ0n) is 12.6. The van der Waals surface area contributed by atoms with Gasteiger partial charge in [-0.2, -0.15) is 0 Å². The lowest BCUT2D eigenvalue weighted by Crippen LogP contribution is -2.22. The second-order valence-corrected chi connectivity index (χ2v) is 5.58. The highest BCUT2D eigenvalue weighted by Gasteiger charge is 2.16. The minimum atomic E-state index is 0.552. The van der Waals surface area contributed by atoms with Crippen molar-refractivity contribution in [1.29, 1.82) is 0 Å². The van der Waals surface area contributed by atoms with Crippen LogP contribution in [-0.4, -0.2) is 13.7 Å². The molecule has 0 aliphatic rings. The van der Waals surface area contributed by atoms with Gasteiger partial charge in [0.05, 0.1) is 7.11 Å². The van der Waals surface area contributed by atoms with Crippen LogP contribution in [0, 0.1) is 32.6 Å². The quantitative estimate of drug-likeness (QED) is 0.868. The van der Waals surface area contributed by atoms with Gasteiger partial charge in [0, 0.05) is 0 Å². The van der Waals surface area contributed by atoms with Crippen LogP contribution in [0.4, 0.5) is 0 Å². The molecule has 1 aromatic carbocycles. The molecule has 18 heavy (non-hydrogen) atoms. The highest BCUT2D eigenvalue weighted by atomic mass is 16.5. The van der Waals surface area contributed by atoms with E-state index >= 15 is 0 Å². The molecular formula is C16H27NO. The van der Waals surface area contributed by atoms with E-state index in [1.165, 1.54) is 22.3 Å². The summed E-state index contributed by atoms with van der Waals surface area (Å²) >= 11 is 0. The van der Waals surface area contributed by atoms with Crippen LogP contribution in [0.1, 0.15) is 36.1 Å². The maximum Gasteiger partial charge on any atom is 0.124 e. The first-order chi connectivity index (χ1) is 8.42. The van der Waals surface area contributed by atoms with Crippen molar-refractivity contribution >= 4 is 0 Å². The number of rotatable bonds is 5. The van der Waals surface area contributed by atoms with Crippen molar-refractivity contribution < 1.29 is 4.74 Å². The van der Waals surface area contributed by atoms with E-state index in [4.69, 9.17) is 10.5 Å². The average molecular weight is 249 g/mol. The smallest absolute Gasteiger partial charge is 0.124 e. The van der Waals surface area contributed by atoms with Gasteiger partial charge in [-0.1, -0.05) is 19.9 Å². The lowest BCUT2D eigenvalue weighted by Gasteiger charge is -2.22. The van der Waals surface area contributed by atoms with Crippen molar-refractivity contribution in [1.82, 2.24) is 0 Å². The largest absolute Gasteiger partial charge is 0.496 e. The van der Waals surface area contributed by atoms with Gasteiger partial charge in [-0.25, -0.2) is 0 Å². The summed E-state index contributed by atoms with van der Waals surface area (Å²) in [7, 11) is 1.74. The molecule has 2 heteroatoms. The maximum atomic E-state index is 5.88. The van der Waals surface area contributed by atoms with Crippen LogP contribution < -0.4 is 10.5 Å². The molecule has 1 aromatic rings. The molecule has 0 heterocycles. The molecule has 0 saturated carbocycles. The van der Waals surface area contributed by atoms with Crippen LogP contribution in [0.25, 0.3) is 0 Å². The fourth-order valence-corrected chi connectivity index (χ4v) is 2.54. The summed E-state index contributed by atoms with van der Waals surface area (Å²) in [6.07, 6.45) is 1.06. The van der Waals surface area contributed by atoms with Crippen molar-refractivity contribution in [2.45, 2.75) is 41.0 Å². The minimum absolute atomic E-state index is 0.552. The molecule has 0 fully saturated rings. The van der Waals surface area contributed by atoms with Crippen molar-refractivity contribution in [3.63, 3.8) is 0 Å². The standard InChI is InChI=1S/C16H27NO/c1-10(2)15(9-17)8-14-7-11(3)16(18-6)13(5)12(14)4/h7,10,15H,8-9,17H2,1-6H3. The van der Waals surface area contributed by atoms with Gasteiger partial charge in [-0.3, -0.25) is 0 Å². The zero-order valence-corrected chi connectivity index (χ0v) is 12.6. The summed E-state index contributed by atoms with van der Waals surface area (Å²) in [5.74, 6) is 2.19. The van der Waals surface area contributed by atoms with Crippen LogP contribution >= 0.6 is 0 Å². The number of methoxy groups -OCH3 is 1. The molecule has 2 N–H and O–H groups in total. The van der Waals surface area contributed by atoms with E-state index in [-0.39, 0.29) is 0 Å². The molecule has 0 saturated heterocycles. The lowest BCUT2D eigenvalue weighted by atomic mass is 9.86. The fourth-order valence-electron chi connectivity index (χ4n) is 2.54. The lowest BCUT2D eigenvalue weighted by molar-refractivity contribution is 0.389. The second-order valence-electron chi connectivity index (χ2n) is 5.58. The van der Waals surface area contributed by atoms with Crippen LogP contribution in [0.5, 0.6) is 5.75 Å². The van der Waals surface area contributed by atoms with E-state index in [0.717, 1.165) is 18.7 Å². The molecule has 2 nitrogen and oxygen atoms in total. The molecule has 0 aliphatic carbocycles. The molecule has 0 aromatic heterocycles. The van der Waals surface area contributed by atoms with Crippen molar-refractivity contribution in [2.24, 2.45) is 17.6 Å². The number of aryl methyl sites for hydroxylation is 1. The molecule has 1 rings (SSSR count).